The number of ketones is 2. The predicted octanol–water partition coefficient (Wildman–Crippen LogP) is 0.533. The number of anilines is 1. The molecule has 19 nitrogen and oxygen atoms in total. The molecule has 6 N–H and O–H groups in total. The minimum absolute atomic E-state index is 0. The van der Waals surface area contributed by atoms with Crippen molar-refractivity contribution in [1.82, 2.24) is 34.5 Å². The molecule has 53 heavy (non-hydrogen) atoms. The minimum atomic E-state index is -1.02. The van der Waals surface area contributed by atoms with Gasteiger partial charge in [-0.1, -0.05) is 0 Å². The molecule has 24 heteroatoms. The summed E-state index contributed by atoms with van der Waals surface area (Å²) in [4.78, 5) is 65.6. The third kappa shape index (κ3) is 19.1. The smallest absolute Gasteiger partial charge is 0.870 e. The number of nitrogen functional groups attached to an aromatic ring is 1. The fourth-order valence-corrected chi connectivity index (χ4v) is 4.93. The topological polar surface area (TPSA) is 287 Å². The standard InChI is InChI=1S/C10H11N3O2S.C8H7N3O2S.C7H10O4.C3H5N3S.CH4O.ClH.Na.H2O/c1-3-15-9(14)8-6-7(2)13(12-8)10-11-4-5-16-10;1-5-4-6(7(12)13)10-11(5)8-9-2-3-14-8;1-3-11-7(10)6(9)4-5(2)8;4-6-3-5-1-2-7-3;1-2;;;/h4-6H,3H2,1-2H3;2-4H,1H3,(H,12,13);3-4H2,1-2H3;1-2H,4H2,(H,5,6);2H,1H3;1H;;1H2/q;;;;;;+1;/p-1. The van der Waals surface area contributed by atoms with E-state index < -0.39 is 23.7 Å². The fourth-order valence-electron chi connectivity index (χ4n) is 3.19. The van der Waals surface area contributed by atoms with Crippen molar-refractivity contribution in [2.45, 2.75) is 41.0 Å². The minimum Gasteiger partial charge on any atom is -0.870 e. The molecule has 0 fully saturated rings. The van der Waals surface area contributed by atoms with Crippen LogP contribution in [0.1, 0.15) is 59.6 Å². The predicted molar refractivity (Wildman–Crippen MR) is 195 cm³/mol. The van der Waals surface area contributed by atoms with Gasteiger partial charge in [-0.25, -0.2) is 44.5 Å². The maximum Gasteiger partial charge on any atom is 1.00 e. The number of rotatable bonds is 10. The molecule has 0 aliphatic rings. The van der Waals surface area contributed by atoms with Crippen molar-refractivity contribution >= 4 is 81.0 Å². The molecule has 286 valence electrons. The van der Waals surface area contributed by atoms with E-state index in [1.807, 2.05) is 23.1 Å². The first-order valence-corrected chi connectivity index (χ1v) is 16.9. The van der Waals surface area contributed by atoms with Crippen LogP contribution in [-0.4, -0.2) is 100 Å². The molecule has 0 aliphatic heterocycles. The number of aliphatic hydroxyl groups is 1. The summed E-state index contributed by atoms with van der Waals surface area (Å²) < 4.78 is 12.4. The summed E-state index contributed by atoms with van der Waals surface area (Å²) in [5.41, 5.74) is 4.39. The van der Waals surface area contributed by atoms with E-state index in [2.05, 4.69) is 35.3 Å². The number of carboxylic acid groups (broad SMARTS) is 1. The molecule has 0 spiro atoms. The van der Waals surface area contributed by atoms with Crippen molar-refractivity contribution in [3.05, 3.63) is 69.6 Å². The Morgan fingerprint density at radius 2 is 1.26 bits per heavy atom. The second-order valence-corrected chi connectivity index (χ2v) is 11.5. The number of ether oxygens (including phenoxy) is 2. The number of thiazole rings is 3. The third-order valence-corrected chi connectivity index (χ3v) is 7.35. The Kier molecular flexibility index (Phi) is 29.7. The van der Waals surface area contributed by atoms with Crippen LogP contribution < -0.4 is 40.8 Å². The number of nitrogens with zero attached hydrogens (tertiary/aromatic N) is 7. The second-order valence-electron chi connectivity index (χ2n) is 8.82. The molecule has 5 aromatic rings. The number of aromatic carboxylic acids is 1. The molecule has 5 rings (SSSR count). The van der Waals surface area contributed by atoms with Crippen LogP contribution in [0.3, 0.4) is 0 Å². The van der Waals surface area contributed by atoms with Crippen molar-refractivity contribution in [3.63, 3.8) is 0 Å². The Hall–Kier alpha value is -3.97. The summed E-state index contributed by atoms with van der Waals surface area (Å²) in [5.74, 6) is 1.53. The quantitative estimate of drug-likeness (QED) is 0.0373. The Bertz CT molecular complexity index is 1770. The van der Waals surface area contributed by atoms with Crippen LogP contribution in [0.15, 0.2) is 46.9 Å². The molecule has 5 aromatic heterocycles. The van der Waals surface area contributed by atoms with Crippen LogP contribution >= 0.6 is 46.4 Å². The Morgan fingerprint density at radius 3 is 1.60 bits per heavy atom. The van der Waals surface area contributed by atoms with Gasteiger partial charge in [-0.3, -0.25) is 15.0 Å². The summed E-state index contributed by atoms with van der Waals surface area (Å²) in [6.45, 7) is 8.78. The molecule has 0 amide bonds. The van der Waals surface area contributed by atoms with Gasteiger partial charge in [0.1, 0.15) is 5.78 Å². The van der Waals surface area contributed by atoms with Crippen LogP contribution in [0.2, 0.25) is 0 Å². The molecule has 5 heterocycles. The SMILES string of the molecule is CCOC(=O)C(=O)CC(C)=O.CCOC(=O)c1cc(C)n(-c2nccs2)n1.CO.Cc1cc(C(=O)O)nn1-c1nccs1.Cl.NNc1nccs1.[Na+].[OH-]. The number of carbonyl (C=O) groups excluding carboxylic acids is 4. The molecule has 0 saturated heterocycles. The zero-order valence-electron chi connectivity index (χ0n) is 29.8. The van der Waals surface area contributed by atoms with Crippen molar-refractivity contribution in [3.8, 4) is 10.3 Å². The van der Waals surface area contributed by atoms with Gasteiger partial charge in [0.25, 0.3) is 0 Å². The first-order chi connectivity index (χ1) is 23.9. The molecule has 0 saturated carbocycles. The van der Waals surface area contributed by atoms with Gasteiger partial charge in [0.15, 0.2) is 16.5 Å². The molecular weight excluding hydrogens is 789 g/mol. The summed E-state index contributed by atoms with van der Waals surface area (Å²) >= 11 is 4.35. The first-order valence-electron chi connectivity index (χ1n) is 14.2. The number of esters is 2. The second kappa shape index (κ2) is 29.5. The van der Waals surface area contributed by atoms with Gasteiger partial charge in [-0.15, -0.1) is 46.4 Å². The molecule has 0 aliphatic carbocycles. The number of aryl methyl sites for hydroxylation is 2. The normalized spacial score (nSPS) is 8.98. The third-order valence-electron chi connectivity index (χ3n) is 5.15. The van der Waals surface area contributed by atoms with Gasteiger partial charge in [-0.05, 0) is 46.8 Å². The van der Waals surface area contributed by atoms with E-state index in [1.165, 1.54) is 51.7 Å². The van der Waals surface area contributed by atoms with Crippen molar-refractivity contribution in [1.29, 1.82) is 0 Å². The average Bonchev–Trinajstić information content (AvgIpc) is 3.93. The zero-order valence-corrected chi connectivity index (χ0v) is 35.0. The van der Waals surface area contributed by atoms with Crippen LogP contribution in [0.4, 0.5) is 5.13 Å². The summed E-state index contributed by atoms with van der Waals surface area (Å²) in [7, 11) is 1.00. The summed E-state index contributed by atoms with van der Waals surface area (Å²) in [6, 6.07) is 3.21. The molecule has 0 unspecified atom stereocenters. The van der Waals surface area contributed by atoms with Crippen molar-refractivity contribution < 1.29 is 78.7 Å². The summed E-state index contributed by atoms with van der Waals surface area (Å²) in [5, 5.41) is 31.5. The van der Waals surface area contributed by atoms with Gasteiger partial charge >= 0.3 is 47.5 Å². The van der Waals surface area contributed by atoms with Gasteiger partial charge in [0.05, 0.1) is 19.6 Å². The zero-order chi connectivity index (χ0) is 37.6. The number of halogens is 1. The molecule has 0 atom stereocenters. The Labute approximate surface area is 344 Å². The van der Waals surface area contributed by atoms with E-state index in [-0.39, 0.29) is 71.9 Å². The molecular formula is C29H39ClN9NaO10S3. The Morgan fingerprint density at radius 1 is 0.811 bits per heavy atom. The number of aliphatic hydroxyl groups excluding tert-OH is 1. The first kappa shape index (κ1) is 53.4. The van der Waals surface area contributed by atoms with Crippen molar-refractivity contribution in [2.24, 2.45) is 5.84 Å². The van der Waals surface area contributed by atoms with E-state index in [4.69, 9.17) is 20.8 Å². The molecule has 0 bridgehead atoms. The number of aromatic nitrogens is 7. The maximum absolute atomic E-state index is 11.5. The number of Topliss-reactive ketones (excluding diaryl/α,β-unsaturated/α-hetero) is 2. The monoisotopic (exact) mass is 827 g/mol. The van der Waals surface area contributed by atoms with Crippen LogP contribution in [-0.2, 0) is 23.9 Å². The number of hydrogen-bond acceptors (Lipinski definition) is 19. The van der Waals surface area contributed by atoms with Crippen LogP contribution in [0, 0.1) is 13.8 Å². The van der Waals surface area contributed by atoms with Crippen LogP contribution in [0.25, 0.3) is 10.3 Å². The van der Waals surface area contributed by atoms with E-state index in [1.54, 1.807) is 50.1 Å². The largest absolute Gasteiger partial charge is 1.00 e. The van der Waals surface area contributed by atoms with Crippen molar-refractivity contribution in [2.75, 3.05) is 25.7 Å². The number of carbonyl (C=O) groups is 5. The number of nitrogens with one attached hydrogen (secondary N) is 1. The maximum atomic E-state index is 11.5. The van der Waals surface area contributed by atoms with Gasteiger partial charge < -0.3 is 25.2 Å². The average molecular weight is 828 g/mol. The van der Waals surface area contributed by atoms with Crippen LogP contribution in [0.5, 0.6) is 0 Å². The molecule has 0 aromatic carbocycles. The number of nitrogens with two attached hydrogens (primary N) is 1. The summed E-state index contributed by atoms with van der Waals surface area (Å²) in [6.07, 6.45) is 4.69. The number of hydrazine groups is 1. The van der Waals surface area contributed by atoms with E-state index in [9.17, 15) is 24.0 Å². The Balaban J connectivity index is -0.000000627. The van der Waals surface area contributed by atoms with Gasteiger partial charge in [0.2, 0.25) is 16.0 Å². The molecule has 0 radical (unpaired) electrons. The van der Waals surface area contributed by atoms with E-state index in [0.29, 0.717) is 17.4 Å². The van der Waals surface area contributed by atoms with E-state index >= 15 is 0 Å². The fraction of sp³-hybridized carbons (Fsp3) is 0.310. The van der Waals surface area contributed by atoms with Gasteiger partial charge in [-0.2, -0.15) is 10.2 Å². The van der Waals surface area contributed by atoms with Gasteiger partial charge in [0, 0.05) is 53.2 Å². The van der Waals surface area contributed by atoms with E-state index in [0.717, 1.165) is 28.8 Å². The number of carboxylic acids is 1. The number of hydrogen-bond donors (Lipinski definition) is 4.